The third-order valence-electron chi connectivity index (χ3n) is 3.81. The van der Waals surface area contributed by atoms with Crippen LogP contribution in [0.3, 0.4) is 0 Å². The highest BCUT2D eigenvalue weighted by atomic mass is 35.5. The zero-order valence-electron chi connectivity index (χ0n) is 11.1. The van der Waals surface area contributed by atoms with Crippen LogP contribution in [-0.2, 0) is 4.79 Å². The minimum atomic E-state index is 0.00938. The molecular formula is C14H15ClN2O2S. The Balaban J connectivity index is 1.86. The lowest BCUT2D eigenvalue weighted by molar-refractivity contribution is -0.117. The smallest absolute Gasteiger partial charge is 0.133 e. The number of benzene rings is 1. The number of carbonyl (C=O) groups excluding carboxylic acids is 1. The predicted octanol–water partition coefficient (Wildman–Crippen LogP) is 4.00. The van der Waals surface area contributed by atoms with Crippen LogP contribution in [-0.4, -0.2) is 16.3 Å². The maximum atomic E-state index is 11.4. The van der Waals surface area contributed by atoms with Crippen LogP contribution in [0, 0.1) is 5.92 Å². The van der Waals surface area contributed by atoms with E-state index in [1.165, 1.54) is 11.5 Å². The molecule has 0 aliphatic heterocycles. The molecule has 106 valence electrons. The number of nitrogens with zero attached hydrogens (tertiary/aromatic N) is 1. The largest absolute Gasteiger partial charge is 0.490 e. The summed E-state index contributed by atoms with van der Waals surface area (Å²) in [4.78, 5) is 14.0. The highest BCUT2D eigenvalue weighted by Gasteiger charge is 2.28. The number of hydrogen-bond acceptors (Lipinski definition) is 5. The third kappa shape index (κ3) is 2.60. The zero-order valence-corrected chi connectivity index (χ0v) is 12.6. The predicted molar refractivity (Wildman–Crippen MR) is 81.5 cm³/mol. The highest BCUT2D eigenvalue weighted by Crippen LogP contribution is 2.34. The van der Waals surface area contributed by atoms with Crippen LogP contribution in [0.4, 0.5) is 5.69 Å². The van der Waals surface area contributed by atoms with E-state index in [1.54, 1.807) is 0 Å². The first-order chi connectivity index (χ1) is 9.67. The summed E-state index contributed by atoms with van der Waals surface area (Å²) < 4.78 is 10.4. The Morgan fingerprint density at radius 3 is 3.10 bits per heavy atom. The monoisotopic (exact) mass is 310 g/mol. The van der Waals surface area contributed by atoms with E-state index in [2.05, 4.69) is 9.21 Å². The third-order valence-corrected chi connectivity index (χ3v) is 4.67. The van der Waals surface area contributed by atoms with Gasteiger partial charge in [-0.1, -0.05) is 0 Å². The van der Waals surface area contributed by atoms with Crippen LogP contribution < -0.4 is 9.57 Å². The van der Waals surface area contributed by atoms with Crippen molar-refractivity contribution in [2.45, 2.75) is 32.3 Å². The van der Waals surface area contributed by atoms with Crippen LogP contribution in [0.1, 0.15) is 26.2 Å². The molecule has 1 fully saturated rings. The molecule has 2 atom stereocenters. The lowest BCUT2D eigenvalue weighted by Crippen LogP contribution is -2.21. The molecule has 1 N–H and O–H groups in total. The molecule has 1 aromatic carbocycles. The molecule has 1 aromatic heterocycles. The molecule has 0 radical (unpaired) electrons. The van der Waals surface area contributed by atoms with E-state index in [9.17, 15) is 4.79 Å². The number of nitrogens with one attached hydrogen (secondary N) is 1. The molecule has 0 saturated heterocycles. The van der Waals surface area contributed by atoms with E-state index in [4.69, 9.17) is 16.5 Å². The lowest BCUT2D eigenvalue weighted by Gasteiger charge is -2.21. The number of aromatic nitrogens is 1. The molecular weight excluding hydrogens is 296 g/mol. The number of Topliss-reactive ketones (excluding diaryl/α,β-unsaturated/α-hetero) is 1. The first-order valence-electron chi connectivity index (χ1n) is 6.60. The topological polar surface area (TPSA) is 51.2 Å². The summed E-state index contributed by atoms with van der Waals surface area (Å²) in [6.07, 6.45) is 2.23. The van der Waals surface area contributed by atoms with Crippen molar-refractivity contribution in [1.82, 2.24) is 4.37 Å². The molecule has 1 saturated carbocycles. The van der Waals surface area contributed by atoms with Gasteiger partial charge in [0.1, 0.15) is 11.5 Å². The second kappa shape index (κ2) is 5.58. The maximum absolute atomic E-state index is 11.4. The first kappa shape index (κ1) is 13.6. The van der Waals surface area contributed by atoms with Crippen LogP contribution in [0.15, 0.2) is 17.5 Å². The Bertz CT molecular complexity index is 643. The van der Waals surface area contributed by atoms with E-state index < -0.39 is 0 Å². The van der Waals surface area contributed by atoms with Crippen molar-refractivity contribution in [3.05, 3.63) is 17.5 Å². The van der Waals surface area contributed by atoms with Gasteiger partial charge >= 0.3 is 0 Å². The second-order valence-electron chi connectivity index (χ2n) is 5.18. The average Bonchev–Trinajstić information content (AvgIpc) is 3.06. The summed E-state index contributed by atoms with van der Waals surface area (Å²) >= 11 is 7.07. The van der Waals surface area contributed by atoms with Gasteiger partial charge in [0.2, 0.25) is 0 Å². The van der Waals surface area contributed by atoms with Gasteiger partial charge in [0.25, 0.3) is 0 Å². The lowest BCUT2D eigenvalue weighted by atomic mass is 10.0. The van der Waals surface area contributed by atoms with Gasteiger partial charge < -0.3 is 4.74 Å². The number of anilines is 1. The van der Waals surface area contributed by atoms with Crippen molar-refractivity contribution in [2.75, 3.05) is 4.84 Å². The number of rotatable bonds is 4. The summed E-state index contributed by atoms with van der Waals surface area (Å²) in [7, 11) is 0. The molecule has 0 spiro atoms. The van der Waals surface area contributed by atoms with Crippen molar-refractivity contribution >= 4 is 45.7 Å². The molecule has 2 aromatic rings. The first-order valence-corrected chi connectivity index (χ1v) is 7.82. The molecule has 4 nitrogen and oxygen atoms in total. The molecule has 3 rings (SSSR count). The van der Waals surface area contributed by atoms with Gasteiger partial charge in [0, 0.05) is 42.0 Å². The van der Waals surface area contributed by atoms with Crippen molar-refractivity contribution in [2.24, 2.45) is 5.92 Å². The van der Waals surface area contributed by atoms with E-state index in [0.29, 0.717) is 24.5 Å². The van der Waals surface area contributed by atoms with Crippen LogP contribution in [0.2, 0.25) is 0 Å². The quantitative estimate of drug-likeness (QED) is 0.867. The van der Waals surface area contributed by atoms with Gasteiger partial charge in [0.15, 0.2) is 0 Å². The number of ether oxygens (including phenoxy) is 1. The molecule has 1 aliphatic carbocycles. The molecule has 1 aliphatic rings. The molecule has 20 heavy (non-hydrogen) atoms. The summed E-state index contributed by atoms with van der Waals surface area (Å²) in [6.45, 7) is 2.02. The number of carbonyl (C=O) groups is 1. The van der Waals surface area contributed by atoms with Gasteiger partial charge in [-0.2, -0.15) is 4.37 Å². The average molecular weight is 311 g/mol. The van der Waals surface area contributed by atoms with E-state index in [1.807, 2.05) is 24.4 Å². The minimum Gasteiger partial charge on any atom is -0.490 e. The van der Waals surface area contributed by atoms with Gasteiger partial charge in [-0.25, -0.2) is 0 Å². The molecule has 6 heteroatoms. The summed E-state index contributed by atoms with van der Waals surface area (Å²) in [5, 5.41) is 2.96. The van der Waals surface area contributed by atoms with Gasteiger partial charge in [0.05, 0.1) is 22.7 Å². The Morgan fingerprint density at radius 1 is 1.55 bits per heavy atom. The van der Waals surface area contributed by atoms with E-state index in [0.717, 1.165) is 28.8 Å². The number of fused-ring (bicyclic) bond motifs is 1. The Labute approximate surface area is 126 Å². The Morgan fingerprint density at radius 2 is 2.40 bits per heavy atom. The second-order valence-corrected chi connectivity index (χ2v) is 6.00. The maximum Gasteiger partial charge on any atom is 0.133 e. The normalized spacial score (nSPS) is 20.3. The van der Waals surface area contributed by atoms with Gasteiger partial charge in [-0.05, 0) is 30.9 Å². The zero-order chi connectivity index (χ0) is 14.1. The van der Waals surface area contributed by atoms with Crippen molar-refractivity contribution in [3.8, 4) is 5.75 Å². The molecule has 0 bridgehead atoms. The van der Waals surface area contributed by atoms with Crippen LogP contribution in [0.25, 0.3) is 10.9 Å². The molecule has 0 amide bonds. The summed E-state index contributed by atoms with van der Waals surface area (Å²) in [6, 6.07) is 3.76. The fourth-order valence-corrected chi connectivity index (χ4v) is 3.40. The van der Waals surface area contributed by atoms with E-state index >= 15 is 0 Å². The summed E-state index contributed by atoms with van der Waals surface area (Å²) in [5.41, 5.74) is 1.63. The van der Waals surface area contributed by atoms with Crippen LogP contribution >= 0.6 is 23.3 Å². The van der Waals surface area contributed by atoms with Gasteiger partial charge in [-0.15, -0.1) is 0 Å². The molecule has 0 unspecified atom stereocenters. The van der Waals surface area contributed by atoms with E-state index in [-0.39, 0.29) is 6.10 Å². The Hall–Kier alpha value is -1.33. The SMILES string of the molecule is C[C@@H](Oc1cc(NCl)cc2nscc12)[C@H]1CCC(=O)C1. The summed E-state index contributed by atoms with van der Waals surface area (Å²) in [5.74, 6) is 1.41. The number of halogens is 1. The molecule has 1 heterocycles. The standard InChI is InChI=1S/C14H15ClN2O2S/c1-8(9-2-3-11(18)4-9)19-14-6-10(16-15)5-13-12(14)7-20-17-13/h5-9,16H,2-4H2,1H3/t8-,9+/m1/s1. The number of hydrogen-bond donors (Lipinski definition) is 1. The fraction of sp³-hybridized carbons (Fsp3) is 0.429. The van der Waals surface area contributed by atoms with Crippen LogP contribution in [0.5, 0.6) is 5.75 Å². The van der Waals surface area contributed by atoms with Gasteiger partial charge in [-0.3, -0.25) is 9.63 Å². The number of ketones is 1. The minimum absolute atomic E-state index is 0.00938. The van der Waals surface area contributed by atoms with Crippen molar-refractivity contribution in [3.63, 3.8) is 0 Å². The Kier molecular flexibility index (Phi) is 3.81. The fourth-order valence-electron chi connectivity index (χ4n) is 2.63. The highest BCUT2D eigenvalue weighted by molar-refractivity contribution is 7.04. The van der Waals surface area contributed by atoms with Crippen molar-refractivity contribution in [1.29, 1.82) is 0 Å². The van der Waals surface area contributed by atoms with Crippen molar-refractivity contribution < 1.29 is 9.53 Å².